The van der Waals surface area contributed by atoms with Gasteiger partial charge in [-0.3, -0.25) is 9.48 Å². The molecule has 2 bridgehead atoms. The number of aromatic nitrogens is 2. The third-order valence-electron chi connectivity index (χ3n) is 6.35. The van der Waals surface area contributed by atoms with Crippen molar-refractivity contribution in [3.8, 4) is 0 Å². The summed E-state index contributed by atoms with van der Waals surface area (Å²) in [6.45, 7) is 6.99. The van der Waals surface area contributed by atoms with Crippen LogP contribution in [-0.4, -0.2) is 33.5 Å². The van der Waals surface area contributed by atoms with Crippen molar-refractivity contribution in [2.45, 2.75) is 71.6 Å². The highest BCUT2D eigenvalue weighted by Gasteiger charge is 2.42. The summed E-state index contributed by atoms with van der Waals surface area (Å²) in [6.07, 6.45) is 7.34. The van der Waals surface area contributed by atoms with E-state index in [0.29, 0.717) is 12.3 Å². The molecule has 2 heterocycles. The molecule has 0 radical (unpaired) electrons. The monoisotopic (exact) mass is 344 g/mol. The molecule has 0 aromatic carbocycles. The largest absolute Gasteiger partial charge is 0.382 e. The molecule has 5 unspecified atom stereocenters. The maximum Gasteiger partial charge on any atom is 0.264 e. The van der Waals surface area contributed by atoms with Crippen molar-refractivity contribution in [1.29, 1.82) is 0 Å². The standard InChI is InChI=1S/C19H28N4O2/c1-4-23-10-16(12(3)21-23)17-9-18(25-22-17)19(24)20-11(2)15-8-13-5-6-14(15)7-13/h10-11,13-15,18H,4-9H2,1-3H3,(H,20,24). The van der Waals surface area contributed by atoms with Crippen LogP contribution in [0.15, 0.2) is 11.4 Å². The quantitative estimate of drug-likeness (QED) is 0.893. The zero-order chi connectivity index (χ0) is 17.6. The number of nitrogens with zero attached hydrogens (tertiary/aromatic N) is 3. The van der Waals surface area contributed by atoms with Crippen LogP contribution in [0.25, 0.3) is 0 Å². The number of hydrogen-bond donors (Lipinski definition) is 1. The average molecular weight is 344 g/mol. The average Bonchev–Trinajstić information content (AvgIpc) is 3.37. The van der Waals surface area contributed by atoms with Crippen LogP contribution in [-0.2, 0) is 16.2 Å². The van der Waals surface area contributed by atoms with E-state index in [-0.39, 0.29) is 11.9 Å². The van der Waals surface area contributed by atoms with Gasteiger partial charge in [-0.25, -0.2) is 0 Å². The van der Waals surface area contributed by atoms with Crippen molar-refractivity contribution < 1.29 is 9.63 Å². The SMILES string of the molecule is CCn1cc(C2=NOC(C(=O)NC(C)C3CC4CCC3C4)C2)c(C)n1. The molecule has 5 atom stereocenters. The maximum absolute atomic E-state index is 12.6. The second kappa shape index (κ2) is 6.46. The molecule has 25 heavy (non-hydrogen) atoms. The molecule has 3 aliphatic rings. The van der Waals surface area contributed by atoms with Gasteiger partial charge in [-0.15, -0.1) is 0 Å². The van der Waals surface area contributed by atoms with Gasteiger partial charge in [0.2, 0.25) is 6.10 Å². The van der Waals surface area contributed by atoms with E-state index in [1.54, 1.807) is 0 Å². The van der Waals surface area contributed by atoms with Crippen LogP contribution in [0.2, 0.25) is 0 Å². The van der Waals surface area contributed by atoms with Crippen LogP contribution in [0.4, 0.5) is 0 Å². The molecule has 2 aliphatic carbocycles. The normalized spacial score (nSPS) is 31.7. The molecule has 2 saturated carbocycles. The predicted octanol–water partition coefficient (Wildman–Crippen LogP) is 2.65. The lowest BCUT2D eigenvalue weighted by Crippen LogP contribution is -2.44. The van der Waals surface area contributed by atoms with Crippen molar-refractivity contribution >= 4 is 11.6 Å². The molecule has 1 aliphatic heterocycles. The van der Waals surface area contributed by atoms with Gasteiger partial charge in [0.15, 0.2) is 0 Å². The predicted molar refractivity (Wildman–Crippen MR) is 95.2 cm³/mol. The molecule has 136 valence electrons. The van der Waals surface area contributed by atoms with E-state index in [4.69, 9.17) is 4.84 Å². The zero-order valence-electron chi connectivity index (χ0n) is 15.4. The summed E-state index contributed by atoms with van der Waals surface area (Å²) in [7, 11) is 0. The van der Waals surface area contributed by atoms with Gasteiger partial charge < -0.3 is 10.2 Å². The van der Waals surface area contributed by atoms with Gasteiger partial charge in [0.25, 0.3) is 5.91 Å². The van der Waals surface area contributed by atoms with Crippen LogP contribution < -0.4 is 5.32 Å². The Hall–Kier alpha value is -1.85. The highest BCUT2D eigenvalue weighted by atomic mass is 16.6. The minimum Gasteiger partial charge on any atom is -0.382 e. The number of aryl methyl sites for hydroxylation is 2. The van der Waals surface area contributed by atoms with E-state index in [1.165, 1.54) is 25.7 Å². The molecule has 6 nitrogen and oxygen atoms in total. The summed E-state index contributed by atoms with van der Waals surface area (Å²) >= 11 is 0. The van der Waals surface area contributed by atoms with E-state index in [1.807, 2.05) is 17.8 Å². The number of nitrogens with one attached hydrogen (secondary N) is 1. The number of fused-ring (bicyclic) bond motifs is 2. The Labute approximate surface area is 149 Å². The lowest BCUT2D eigenvalue weighted by molar-refractivity contribution is -0.132. The molecule has 1 aromatic heterocycles. The van der Waals surface area contributed by atoms with Crippen molar-refractivity contribution in [2.75, 3.05) is 0 Å². The van der Waals surface area contributed by atoms with Crippen LogP contribution in [0.3, 0.4) is 0 Å². The van der Waals surface area contributed by atoms with Crippen molar-refractivity contribution in [2.24, 2.45) is 22.9 Å². The summed E-state index contributed by atoms with van der Waals surface area (Å²) in [5.41, 5.74) is 2.74. The van der Waals surface area contributed by atoms with E-state index in [9.17, 15) is 4.79 Å². The Morgan fingerprint density at radius 3 is 2.92 bits per heavy atom. The summed E-state index contributed by atoms with van der Waals surface area (Å²) in [5, 5.41) is 11.8. The van der Waals surface area contributed by atoms with Crippen LogP contribution in [0, 0.1) is 24.7 Å². The Balaban J connectivity index is 1.34. The number of hydrogen-bond acceptors (Lipinski definition) is 4. The molecule has 1 amide bonds. The maximum atomic E-state index is 12.6. The van der Waals surface area contributed by atoms with Gasteiger partial charge in [0.1, 0.15) is 0 Å². The lowest BCUT2D eigenvalue weighted by Gasteiger charge is -2.29. The van der Waals surface area contributed by atoms with Gasteiger partial charge in [0.05, 0.1) is 11.4 Å². The summed E-state index contributed by atoms with van der Waals surface area (Å²) in [5.74, 6) is 2.30. The number of carbonyl (C=O) groups excluding carboxylic acids is 1. The van der Waals surface area contributed by atoms with Crippen molar-refractivity contribution in [1.82, 2.24) is 15.1 Å². The van der Waals surface area contributed by atoms with Gasteiger partial charge in [0, 0.05) is 30.8 Å². The summed E-state index contributed by atoms with van der Waals surface area (Å²) in [4.78, 5) is 18.1. The fourth-order valence-corrected chi connectivity index (χ4v) is 4.97. The lowest BCUT2D eigenvalue weighted by atomic mass is 9.84. The highest BCUT2D eigenvalue weighted by Crippen LogP contribution is 2.49. The minimum absolute atomic E-state index is 0.0328. The Morgan fingerprint density at radius 1 is 1.44 bits per heavy atom. The first-order valence-corrected chi connectivity index (χ1v) is 9.62. The fraction of sp³-hybridized carbons (Fsp3) is 0.737. The van der Waals surface area contributed by atoms with E-state index in [2.05, 4.69) is 29.4 Å². The molecular weight excluding hydrogens is 316 g/mol. The third kappa shape index (κ3) is 3.07. The van der Waals surface area contributed by atoms with Gasteiger partial charge in [-0.05, 0) is 57.8 Å². The topological polar surface area (TPSA) is 68.5 Å². The first-order chi connectivity index (χ1) is 12.0. The Bertz CT molecular complexity index is 696. The second-order valence-electron chi connectivity index (χ2n) is 7.96. The minimum atomic E-state index is -0.514. The molecule has 1 aromatic rings. The van der Waals surface area contributed by atoms with Gasteiger partial charge in [-0.1, -0.05) is 11.6 Å². The second-order valence-corrected chi connectivity index (χ2v) is 7.96. The van der Waals surface area contributed by atoms with E-state index >= 15 is 0 Å². The molecule has 1 N–H and O–H groups in total. The number of amides is 1. The molecule has 0 spiro atoms. The first kappa shape index (κ1) is 16.6. The third-order valence-corrected chi connectivity index (χ3v) is 6.35. The molecular formula is C19H28N4O2. The zero-order valence-corrected chi connectivity index (χ0v) is 15.4. The van der Waals surface area contributed by atoms with Gasteiger partial charge in [-0.2, -0.15) is 5.10 Å². The van der Waals surface area contributed by atoms with E-state index < -0.39 is 6.10 Å². The number of carbonyl (C=O) groups is 1. The highest BCUT2D eigenvalue weighted by molar-refractivity contribution is 6.04. The summed E-state index contributed by atoms with van der Waals surface area (Å²) in [6, 6.07) is 0.222. The molecule has 6 heteroatoms. The Morgan fingerprint density at radius 2 is 2.28 bits per heavy atom. The molecule has 2 fully saturated rings. The van der Waals surface area contributed by atoms with Crippen molar-refractivity contribution in [3.05, 3.63) is 17.5 Å². The summed E-state index contributed by atoms with van der Waals surface area (Å²) < 4.78 is 1.89. The Kier molecular flexibility index (Phi) is 4.29. The first-order valence-electron chi connectivity index (χ1n) is 9.62. The molecule has 0 saturated heterocycles. The fourth-order valence-electron chi connectivity index (χ4n) is 4.97. The van der Waals surface area contributed by atoms with Crippen LogP contribution in [0.1, 0.15) is 57.2 Å². The van der Waals surface area contributed by atoms with Gasteiger partial charge >= 0.3 is 0 Å². The van der Waals surface area contributed by atoms with E-state index in [0.717, 1.165) is 35.3 Å². The smallest absolute Gasteiger partial charge is 0.264 e. The van der Waals surface area contributed by atoms with Crippen molar-refractivity contribution in [3.63, 3.8) is 0 Å². The van der Waals surface area contributed by atoms with Crippen LogP contribution >= 0.6 is 0 Å². The number of oxime groups is 1. The number of rotatable bonds is 5. The van der Waals surface area contributed by atoms with Crippen LogP contribution in [0.5, 0.6) is 0 Å². The molecule has 4 rings (SSSR count).